The van der Waals surface area contributed by atoms with Crippen molar-refractivity contribution in [3.05, 3.63) is 53.3 Å². The van der Waals surface area contributed by atoms with Crippen LogP contribution < -0.4 is 16.4 Å². The summed E-state index contributed by atoms with van der Waals surface area (Å²) in [6, 6.07) is 6.71. The van der Waals surface area contributed by atoms with Crippen molar-refractivity contribution >= 4 is 35.0 Å². The first kappa shape index (κ1) is 19.5. The molecule has 0 saturated carbocycles. The number of anilines is 2. The van der Waals surface area contributed by atoms with Gasteiger partial charge < -0.3 is 16.2 Å². The Balaban J connectivity index is 2.63. The van der Waals surface area contributed by atoms with Gasteiger partial charge in [-0.25, -0.2) is 4.79 Å². The maximum absolute atomic E-state index is 12.9. The second-order valence-corrected chi connectivity index (χ2v) is 7.08. The van der Waals surface area contributed by atoms with Crippen molar-refractivity contribution in [2.75, 3.05) is 10.6 Å². The third-order valence-electron chi connectivity index (χ3n) is 3.37. The molecule has 1 atom stereocenters. The van der Waals surface area contributed by atoms with Crippen molar-refractivity contribution in [2.45, 2.75) is 32.4 Å². The molecule has 8 heteroatoms. The number of ether oxygens (including phenoxy) is 1. The van der Waals surface area contributed by atoms with E-state index in [1.165, 1.54) is 18.3 Å². The molecule has 0 aliphatic carbocycles. The number of nitrogen functional groups attached to an aromatic ring is 1. The van der Waals surface area contributed by atoms with Crippen LogP contribution in [0.25, 0.3) is 0 Å². The molecule has 1 unspecified atom stereocenters. The van der Waals surface area contributed by atoms with Crippen LogP contribution in [0.2, 0.25) is 5.02 Å². The van der Waals surface area contributed by atoms with Crippen LogP contribution in [0, 0.1) is 0 Å². The fraction of sp³-hybridized carbons (Fsp3) is 0.278. The van der Waals surface area contributed by atoms with Gasteiger partial charge in [-0.1, -0.05) is 17.7 Å². The van der Waals surface area contributed by atoms with Crippen molar-refractivity contribution < 1.29 is 14.3 Å². The van der Waals surface area contributed by atoms with Gasteiger partial charge in [-0.3, -0.25) is 14.7 Å². The summed E-state index contributed by atoms with van der Waals surface area (Å²) in [5.41, 5.74) is 11.7. The van der Waals surface area contributed by atoms with Crippen LogP contribution in [-0.2, 0) is 9.53 Å². The normalized spacial score (nSPS) is 12.3. The summed E-state index contributed by atoms with van der Waals surface area (Å²) in [7, 11) is 0. The maximum atomic E-state index is 12.9. The lowest BCUT2D eigenvalue weighted by Crippen LogP contribution is -2.44. The number of pyridine rings is 1. The van der Waals surface area contributed by atoms with Gasteiger partial charge in [0.2, 0.25) is 5.91 Å². The van der Waals surface area contributed by atoms with Crippen LogP contribution in [-0.4, -0.2) is 22.6 Å². The number of hydrogen-bond acceptors (Lipinski definition) is 5. The van der Waals surface area contributed by atoms with Crippen molar-refractivity contribution in [1.29, 1.82) is 0 Å². The first-order valence-electron chi connectivity index (χ1n) is 7.86. The zero-order chi connectivity index (χ0) is 19.5. The highest BCUT2D eigenvalue weighted by atomic mass is 35.5. The summed E-state index contributed by atoms with van der Waals surface area (Å²) in [5.74, 6) is -0.761. The number of primary amides is 1. The Morgan fingerprint density at radius 3 is 2.50 bits per heavy atom. The van der Waals surface area contributed by atoms with Crippen LogP contribution in [0.1, 0.15) is 32.4 Å². The fourth-order valence-corrected chi connectivity index (χ4v) is 2.52. The van der Waals surface area contributed by atoms with Crippen LogP contribution >= 0.6 is 11.6 Å². The molecule has 1 aromatic carbocycles. The van der Waals surface area contributed by atoms with E-state index in [0.717, 1.165) is 4.90 Å². The topological polar surface area (TPSA) is 112 Å². The van der Waals surface area contributed by atoms with E-state index >= 15 is 0 Å². The molecule has 2 aromatic rings. The minimum absolute atomic E-state index is 0.222. The third kappa shape index (κ3) is 4.64. The zero-order valence-corrected chi connectivity index (χ0v) is 15.5. The number of nitrogens with two attached hydrogens (primary N) is 2. The quantitative estimate of drug-likeness (QED) is 0.795. The van der Waals surface area contributed by atoms with Gasteiger partial charge in [0.15, 0.2) is 0 Å². The fourth-order valence-electron chi connectivity index (χ4n) is 2.36. The summed E-state index contributed by atoms with van der Waals surface area (Å²) in [4.78, 5) is 30.3. The first-order valence-corrected chi connectivity index (χ1v) is 8.24. The standard InChI is InChI=1S/C18H21ClN4O3/c1-18(2,3)26-17(25)23(14-9-12(19)6-7-13(14)20)15(16(21)24)11-5-4-8-22-10-11/h4-10,15H,20H2,1-3H3,(H2,21,24). The SMILES string of the molecule is CC(C)(C)OC(=O)N(c1cc(Cl)ccc1N)C(C(N)=O)c1cccnc1. The monoisotopic (exact) mass is 376 g/mol. The Hall–Kier alpha value is -2.80. The highest BCUT2D eigenvalue weighted by molar-refractivity contribution is 6.31. The molecule has 0 fully saturated rings. The van der Waals surface area contributed by atoms with Crippen molar-refractivity contribution in [2.24, 2.45) is 5.73 Å². The summed E-state index contributed by atoms with van der Waals surface area (Å²) in [6.45, 7) is 5.15. The molecule has 0 spiro atoms. The Morgan fingerprint density at radius 2 is 1.96 bits per heavy atom. The smallest absolute Gasteiger partial charge is 0.415 e. The molecule has 26 heavy (non-hydrogen) atoms. The molecular weight excluding hydrogens is 356 g/mol. The highest BCUT2D eigenvalue weighted by Gasteiger charge is 2.35. The molecule has 138 valence electrons. The number of aromatic nitrogens is 1. The molecule has 0 aliphatic heterocycles. The predicted octanol–water partition coefficient (Wildman–Crippen LogP) is 3.29. The van der Waals surface area contributed by atoms with Gasteiger partial charge in [0.25, 0.3) is 0 Å². The number of halogens is 1. The Bertz CT molecular complexity index is 806. The number of carbonyl (C=O) groups excluding carboxylic acids is 2. The molecule has 0 saturated heterocycles. The second-order valence-electron chi connectivity index (χ2n) is 6.64. The molecular formula is C18H21ClN4O3. The van der Waals surface area contributed by atoms with Gasteiger partial charge >= 0.3 is 6.09 Å². The number of rotatable bonds is 4. The molecule has 7 nitrogen and oxygen atoms in total. The average molecular weight is 377 g/mol. The summed E-state index contributed by atoms with van der Waals surface area (Å²) >= 11 is 6.07. The summed E-state index contributed by atoms with van der Waals surface area (Å²) in [5, 5.41) is 0.345. The number of amides is 2. The third-order valence-corrected chi connectivity index (χ3v) is 3.61. The number of carbonyl (C=O) groups is 2. The van der Waals surface area contributed by atoms with E-state index in [9.17, 15) is 9.59 Å². The molecule has 0 aliphatic rings. The lowest BCUT2D eigenvalue weighted by atomic mass is 10.1. The van der Waals surface area contributed by atoms with Crippen molar-refractivity contribution in [1.82, 2.24) is 4.98 Å². The number of nitrogens with zero attached hydrogens (tertiary/aromatic N) is 2. The summed E-state index contributed by atoms with van der Waals surface area (Å²) < 4.78 is 5.46. The van der Waals surface area contributed by atoms with E-state index in [-0.39, 0.29) is 11.4 Å². The summed E-state index contributed by atoms with van der Waals surface area (Å²) in [6.07, 6.45) is 2.22. The minimum atomic E-state index is -1.17. The van der Waals surface area contributed by atoms with Crippen molar-refractivity contribution in [3.63, 3.8) is 0 Å². The van der Waals surface area contributed by atoms with Gasteiger partial charge in [0.1, 0.15) is 11.6 Å². The lowest BCUT2D eigenvalue weighted by Gasteiger charge is -2.32. The van der Waals surface area contributed by atoms with Gasteiger partial charge in [-0.05, 0) is 45.0 Å². The average Bonchev–Trinajstić information content (AvgIpc) is 2.53. The van der Waals surface area contributed by atoms with E-state index in [1.54, 1.807) is 45.2 Å². The van der Waals surface area contributed by atoms with Crippen LogP contribution in [0.4, 0.5) is 16.2 Å². The van der Waals surface area contributed by atoms with E-state index in [0.29, 0.717) is 10.6 Å². The first-order chi connectivity index (χ1) is 12.1. The molecule has 4 N–H and O–H groups in total. The number of benzene rings is 1. The van der Waals surface area contributed by atoms with E-state index in [2.05, 4.69) is 4.98 Å². The van der Waals surface area contributed by atoms with E-state index in [4.69, 9.17) is 27.8 Å². The van der Waals surface area contributed by atoms with Gasteiger partial charge in [0.05, 0.1) is 11.4 Å². The molecule has 2 rings (SSSR count). The molecule has 0 radical (unpaired) electrons. The van der Waals surface area contributed by atoms with Gasteiger partial charge in [0, 0.05) is 23.0 Å². The van der Waals surface area contributed by atoms with Crippen molar-refractivity contribution in [3.8, 4) is 0 Å². The largest absolute Gasteiger partial charge is 0.443 e. The van der Waals surface area contributed by atoms with Crippen LogP contribution in [0.3, 0.4) is 0 Å². The van der Waals surface area contributed by atoms with E-state index < -0.39 is 23.6 Å². The number of hydrogen-bond donors (Lipinski definition) is 2. The second kappa shape index (κ2) is 7.61. The van der Waals surface area contributed by atoms with Crippen LogP contribution in [0.15, 0.2) is 42.7 Å². The molecule has 2 amide bonds. The predicted molar refractivity (Wildman–Crippen MR) is 101 cm³/mol. The minimum Gasteiger partial charge on any atom is -0.443 e. The van der Waals surface area contributed by atoms with Gasteiger partial charge in [-0.15, -0.1) is 0 Å². The highest BCUT2D eigenvalue weighted by Crippen LogP contribution is 2.34. The van der Waals surface area contributed by atoms with Gasteiger partial charge in [-0.2, -0.15) is 0 Å². The lowest BCUT2D eigenvalue weighted by molar-refractivity contribution is -0.119. The Morgan fingerprint density at radius 1 is 1.27 bits per heavy atom. The van der Waals surface area contributed by atoms with Crippen LogP contribution in [0.5, 0.6) is 0 Å². The zero-order valence-electron chi connectivity index (χ0n) is 14.8. The molecule has 1 aromatic heterocycles. The van der Waals surface area contributed by atoms with E-state index in [1.807, 2.05) is 0 Å². The molecule has 1 heterocycles. The molecule has 0 bridgehead atoms. The maximum Gasteiger partial charge on any atom is 0.415 e. The Kier molecular flexibility index (Phi) is 5.72. The Labute approximate surface area is 156 Å².